The van der Waals surface area contributed by atoms with E-state index in [0.29, 0.717) is 6.54 Å². The molecule has 1 amide bonds. The first kappa shape index (κ1) is 12.6. The van der Waals surface area contributed by atoms with Gasteiger partial charge < -0.3 is 10.6 Å². The SMILES string of the molecule is CCNC(=O)CN[C@H](C)c1cccc(F)c1. The molecule has 0 heterocycles. The molecule has 0 unspecified atom stereocenters. The van der Waals surface area contributed by atoms with Crippen molar-refractivity contribution in [3.8, 4) is 0 Å². The molecule has 16 heavy (non-hydrogen) atoms. The van der Waals surface area contributed by atoms with Gasteiger partial charge in [0.25, 0.3) is 0 Å². The third kappa shape index (κ3) is 3.98. The van der Waals surface area contributed by atoms with Crippen LogP contribution >= 0.6 is 0 Å². The van der Waals surface area contributed by atoms with E-state index in [-0.39, 0.29) is 24.3 Å². The summed E-state index contributed by atoms with van der Waals surface area (Å²) < 4.78 is 12.9. The van der Waals surface area contributed by atoms with Gasteiger partial charge in [-0.15, -0.1) is 0 Å². The molecular formula is C12H17FN2O. The highest BCUT2D eigenvalue weighted by molar-refractivity contribution is 5.77. The first-order valence-electron chi connectivity index (χ1n) is 5.39. The van der Waals surface area contributed by atoms with Gasteiger partial charge in [0, 0.05) is 12.6 Å². The fourth-order valence-electron chi connectivity index (χ4n) is 1.40. The highest BCUT2D eigenvalue weighted by atomic mass is 19.1. The molecule has 1 aromatic carbocycles. The monoisotopic (exact) mass is 224 g/mol. The van der Waals surface area contributed by atoms with E-state index >= 15 is 0 Å². The third-order valence-electron chi connectivity index (χ3n) is 2.29. The second kappa shape index (κ2) is 6.23. The van der Waals surface area contributed by atoms with Gasteiger partial charge in [0.15, 0.2) is 0 Å². The van der Waals surface area contributed by atoms with Crippen LogP contribution in [0.1, 0.15) is 25.5 Å². The maximum Gasteiger partial charge on any atom is 0.233 e. The largest absolute Gasteiger partial charge is 0.355 e. The maximum absolute atomic E-state index is 12.9. The van der Waals surface area contributed by atoms with Crippen molar-refractivity contribution in [3.63, 3.8) is 0 Å². The topological polar surface area (TPSA) is 41.1 Å². The van der Waals surface area contributed by atoms with E-state index in [2.05, 4.69) is 10.6 Å². The van der Waals surface area contributed by atoms with Crippen molar-refractivity contribution in [2.45, 2.75) is 19.9 Å². The molecule has 0 radical (unpaired) electrons. The summed E-state index contributed by atoms with van der Waals surface area (Å²) in [5.74, 6) is -0.310. The number of likely N-dealkylation sites (N-methyl/N-ethyl adjacent to an activating group) is 1. The summed E-state index contributed by atoms with van der Waals surface area (Å²) in [4.78, 5) is 11.2. The Morgan fingerprint density at radius 3 is 2.88 bits per heavy atom. The number of nitrogens with one attached hydrogen (secondary N) is 2. The maximum atomic E-state index is 12.9. The van der Waals surface area contributed by atoms with Gasteiger partial charge in [-0.1, -0.05) is 12.1 Å². The Bertz CT molecular complexity index is 355. The van der Waals surface area contributed by atoms with Crippen molar-refractivity contribution >= 4 is 5.91 Å². The van der Waals surface area contributed by atoms with Crippen LogP contribution in [-0.2, 0) is 4.79 Å². The summed E-state index contributed by atoms with van der Waals surface area (Å²) in [6, 6.07) is 6.32. The Morgan fingerprint density at radius 1 is 1.50 bits per heavy atom. The second-order valence-electron chi connectivity index (χ2n) is 3.61. The first-order valence-corrected chi connectivity index (χ1v) is 5.39. The van der Waals surface area contributed by atoms with E-state index in [1.54, 1.807) is 6.07 Å². The van der Waals surface area contributed by atoms with Crippen LogP contribution in [0.3, 0.4) is 0 Å². The zero-order chi connectivity index (χ0) is 12.0. The number of halogens is 1. The Labute approximate surface area is 95.0 Å². The van der Waals surface area contributed by atoms with Gasteiger partial charge in [0.05, 0.1) is 6.54 Å². The molecular weight excluding hydrogens is 207 g/mol. The zero-order valence-corrected chi connectivity index (χ0v) is 9.59. The van der Waals surface area contributed by atoms with E-state index < -0.39 is 0 Å². The van der Waals surface area contributed by atoms with Gasteiger partial charge in [0.2, 0.25) is 5.91 Å². The number of carbonyl (C=O) groups excluding carboxylic acids is 1. The smallest absolute Gasteiger partial charge is 0.233 e. The normalized spacial score (nSPS) is 12.2. The van der Waals surface area contributed by atoms with Crippen molar-refractivity contribution in [2.24, 2.45) is 0 Å². The van der Waals surface area contributed by atoms with Crippen molar-refractivity contribution in [3.05, 3.63) is 35.6 Å². The molecule has 88 valence electrons. The molecule has 0 aliphatic carbocycles. The minimum Gasteiger partial charge on any atom is -0.355 e. The quantitative estimate of drug-likeness (QED) is 0.798. The molecule has 4 heteroatoms. The van der Waals surface area contributed by atoms with E-state index in [0.717, 1.165) is 5.56 Å². The molecule has 0 aliphatic rings. The van der Waals surface area contributed by atoms with E-state index in [1.165, 1.54) is 12.1 Å². The fraction of sp³-hybridized carbons (Fsp3) is 0.417. The number of hydrogen-bond donors (Lipinski definition) is 2. The molecule has 1 aromatic rings. The van der Waals surface area contributed by atoms with Crippen LogP contribution in [0.4, 0.5) is 4.39 Å². The minimum atomic E-state index is -0.260. The highest BCUT2D eigenvalue weighted by Crippen LogP contribution is 2.12. The molecule has 0 saturated heterocycles. The van der Waals surface area contributed by atoms with Gasteiger partial charge >= 0.3 is 0 Å². The zero-order valence-electron chi connectivity index (χ0n) is 9.59. The predicted molar refractivity (Wildman–Crippen MR) is 61.5 cm³/mol. The van der Waals surface area contributed by atoms with Gasteiger partial charge in [0.1, 0.15) is 5.82 Å². The Balaban J connectivity index is 2.46. The molecule has 0 saturated carbocycles. The molecule has 0 bridgehead atoms. The highest BCUT2D eigenvalue weighted by Gasteiger charge is 2.07. The molecule has 0 fully saturated rings. The molecule has 2 N–H and O–H groups in total. The van der Waals surface area contributed by atoms with Crippen molar-refractivity contribution < 1.29 is 9.18 Å². The second-order valence-corrected chi connectivity index (χ2v) is 3.61. The van der Waals surface area contributed by atoms with Crippen molar-refractivity contribution in [1.29, 1.82) is 0 Å². The summed E-state index contributed by atoms with van der Waals surface area (Å²) in [5, 5.41) is 5.72. The molecule has 0 aliphatic heterocycles. The lowest BCUT2D eigenvalue weighted by Gasteiger charge is -2.13. The fourth-order valence-corrected chi connectivity index (χ4v) is 1.40. The third-order valence-corrected chi connectivity index (χ3v) is 2.29. The van der Waals surface area contributed by atoms with Gasteiger partial charge in [-0.05, 0) is 31.5 Å². The van der Waals surface area contributed by atoms with Crippen molar-refractivity contribution in [2.75, 3.05) is 13.1 Å². The van der Waals surface area contributed by atoms with Gasteiger partial charge in [-0.25, -0.2) is 4.39 Å². The number of carbonyl (C=O) groups is 1. The average molecular weight is 224 g/mol. The Hall–Kier alpha value is -1.42. The number of hydrogen-bond acceptors (Lipinski definition) is 2. The van der Waals surface area contributed by atoms with Crippen LogP contribution in [0.15, 0.2) is 24.3 Å². The summed E-state index contributed by atoms with van der Waals surface area (Å²) in [6.45, 7) is 4.63. The van der Waals surface area contributed by atoms with E-state index in [4.69, 9.17) is 0 Å². The lowest BCUT2D eigenvalue weighted by molar-refractivity contribution is -0.120. The molecule has 1 rings (SSSR count). The summed E-state index contributed by atoms with van der Waals surface area (Å²) in [5.41, 5.74) is 0.837. The lowest BCUT2D eigenvalue weighted by Crippen LogP contribution is -2.34. The minimum absolute atomic E-state index is 0.0432. The Morgan fingerprint density at radius 2 is 2.25 bits per heavy atom. The van der Waals surface area contributed by atoms with Crippen molar-refractivity contribution in [1.82, 2.24) is 10.6 Å². The number of amides is 1. The first-order chi connectivity index (χ1) is 7.63. The molecule has 0 aromatic heterocycles. The molecule has 0 spiro atoms. The summed E-state index contributed by atoms with van der Waals surface area (Å²) in [7, 11) is 0. The van der Waals surface area contributed by atoms with Crippen LogP contribution < -0.4 is 10.6 Å². The van der Waals surface area contributed by atoms with Gasteiger partial charge in [-0.3, -0.25) is 4.79 Å². The number of benzene rings is 1. The number of rotatable bonds is 5. The van der Waals surface area contributed by atoms with E-state index in [9.17, 15) is 9.18 Å². The standard InChI is InChI=1S/C12H17FN2O/c1-3-14-12(16)8-15-9(2)10-5-4-6-11(13)7-10/h4-7,9,15H,3,8H2,1-2H3,(H,14,16)/t9-/m1/s1. The van der Waals surface area contributed by atoms with E-state index in [1.807, 2.05) is 19.9 Å². The predicted octanol–water partition coefficient (Wildman–Crippen LogP) is 1.61. The summed E-state index contributed by atoms with van der Waals surface area (Å²) in [6.07, 6.45) is 0. The van der Waals surface area contributed by atoms with Crippen LogP contribution in [-0.4, -0.2) is 19.0 Å². The van der Waals surface area contributed by atoms with Crippen LogP contribution in [0, 0.1) is 5.82 Å². The van der Waals surface area contributed by atoms with Crippen LogP contribution in [0.5, 0.6) is 0 Å². The Kier molecular flexibility index (Phi) is 4.92. The summed E-state index contributed by atoms with van der Waals surface area (Å²) >= 11 is 0. The molecule has 1 atom stereocenters. The molecule has 3 nitrogen and oxygen atoms in total. The van der Waals surface area contributed by atoms with Crippen LogP contribution in [0.2, 0.25) is 0 Å². The van der Waals surface area contributed by atoms with Crippen LogP contribution in [0.25, 0.3) is 0 Å². The average Bonchev–Trinajstić information content (AvgIpc) is 2.26. The van der Waals surface area contributed by atoms with Gasteiger partial charge in [-0.2, -0.15) is 0 Å². The lowest BCUT2D eigenvalue weighted by atomic mass is 10.1.